The van der Waals surface area contributed by atoms with Crippen molar-refractivity contribution in [1.29, 1.82) is 0 Å². The van der Waals surface area contributed by atoms with Gasteiger partial charge in [0.1, 0.15) is 5.75 Å². The monoisotopic (exact) mass is 405 g/mol. The van der Waals surface area contributed by atoms with E-state index in [1.54, 1.807) is 31.2 Å². The maximum atomic E-state index is 12.2. The summed E-state index contributed by atoms with van der Waals surface area (Å²) in [5.41, 5.74) is 0.402. The van der Waals surface area contributed by atoms with Gasteiger partial charge in [-0.3, -0.25) is 4.79 Å². The molecule has 0 aliphatic rings. The van der Waals surface area contributed by atoms with Crippen LogP contribution in [0.5, 0.6) is 5.75 Å². The highest BCUT2D eigenvalue weighted by molar-refractivity contribution is 7.90. The summed E-state index contributed by atoms with van der Waals surface area (Å²) in [5.74, 6) is -0.585. The lowest BCUT2D eigenvalue weighted by Gasteiger charge is -2.10. The number of benzene rings is 2. The van der Waals surface area contributed by atoms with Gasteiger partial charge in [-0.1, -0.05) is 24.3 Å². The molecule has 140 valence electrons. The van der Waals surface area contributed by atoms with Crippen LogP contribution in [0.25, 0.3) is 10.8 Å². The Balaban J connectivity index is 2.09. The average molecular weight is 405 g/mol. The first-order valence-corrected chi connectivity index (χ1v) is 10.5. The Labute approximate surface area is 158 Å². The van der Waals surface area contributed by atoms with E-state index in [2.05, 4.69) is 24.9 Å². The molecule has 0 aliphatic carbocycles. The molecule has 0 saturated carbocycles. The Bertz CT molecular complexity index is 1150. The van der Waals surface area contributed by atoms with Gasteiger partial charge in [0.15, 0.2) is 0 Å². The van der Waals surface area contributed by atoms with Gasteiger partial charge in [0.05, 0.1) is 11.3 Å². The normalized spacial score (nSPS) is 11.9. The largest absolute Gasteiger partial charge is 0.506 e. The van der Waals surface area contributed by atoms with Crippen molar-refractivity contribution in [2.24, 2.45) is 10.2 Å². The summed E-state index contributed by atoms with van der Waals surface area (Å²) in [7, 11) is -3.53. The van der Waals surface area contributed by atoms with E-state index in [4.69, 9.17) is 0 Å². The van der Waals surface area contributed by atoms with Crippen molar-refractivity contribution < 1.29 is 18.3 Å². The van der Waals surface area contributed by atoms with E-state index in [1.165, 1.54) is 6.07 Å². The van der Waals surface area contributed by atoms with Gasteiger partial charge in [0.2, 0.25) is 15.0 Å². The molecule has 27 heavy (non-hydrogen) atoms. The fraction of sp³-hybridized carbons (Fsp3) is 0.188. The predicted octanol–water partition coefficient (Wildman–Crippen LogP) is 2.97. The van der Waals surface area contributed by atoms with Gasteiger partial charge in [0, 0.05) is 35.1 Å². The maximum Gasteiger partial charge on any atom is 0.260 e. The van der Waals surface area contributed by atoms with Gasteiger partial charge >= 0.3 is 0 Å². The fourth-order valence-electron chi connectivity index (χ4n) is 2.34. The number of fused-ring (bicyclic) bond motifs is 1. The summed E-state index contributed by atoms with van der Waals surface area (Å²) in [6.45, 7) is 2.17. The number of aromatic nitrogens is 2. The number of sulfone groups is 1. The average Bonchev–Trinajstić information content (AvgIpc) is 3.11. The van der Waals surface area contributed by atoms with E-state index in [9.17, 15) is 18.3 Å². The highest BCUT2D eigenvalue weighted by atomic mass is 32.2. The zero-order chi connectivity index (χ0) is 19.6. The first kappa shape index (κ1) is 18.9. The number of nitrogens with one attached hydrogen (secondary N) is 1. The predicted molar refractivity (Wildman–Crippen MR) is 101 cm³/mol. The van der Waals surface area contributed by atoms with Gasteiger partial charge in [-0.2, -0.15) is 9.36 Å². The van der Waals surface area contributed by atoms with Gasteiger partial charge in [-0.15, -0.1) is 10.2 Å². The van der Waals surface area contributed by atoms with Crippen molar-refractivity contribution >= 4 is 48.9 Å². The van der Waals surface area contributed by atoms with Crippen LogP contribution in [0, 0.1) is 0 Å². The van der Waals surface area contributed by atoms with Crippen molar-refractivity contribution in [3.05, 3.63) is 35.9 Å². The number of phenolic OH excluding ortho intramolecular Hbond substituents is 1. The van der Waals surface area contributed by atoms with Crippen molar-refractivity contribution in [2.45, 2.75) is 12.1 Å². The van der Waals surface area contributed by atoms with Crippen molar-refractivity contribution in [1.82, 2.24) is 14.7 Å². The molecule has 0 fully saturated rings. The van der Waals surface area contributed by atoms with Crippen molar-refractivity contribution in [3.8, 4) is 5.75 Å². The lowest BCUT2D eigenvalue weighted by molar-refractivity contribution is 0.0953. The number of amides is 1. The second-order valence-electron chi connectivity index (χ2n) is 5.53. The summed E-state index contributed by atoms with van der Waals surface area (Å²) in [4.78, 5) is 16.0. The molecular weight excluding hydrogens is 390 g/mol. The fourth-order valence-corrected chi connectivity index (χ4v) is 3.71. The third-order valence-corrected chi connectivity index (χ3v) is 5.11. The number of azo groups is 1. The van der Waals surface area contributed by atoms with Crippen LogP contribution >= 0.6 is 11.5 Å². The van der Waals surface area contributed by atoms with E-state index in [1.807, 2.05) is 0 Å². The molecule has 3 rings (SSSR count). The first-order chi connectivity index (χ1) is 12.8. The lowest BCUT2D eigenvalue weighted by Crippen LogP contribution is -2.22. The zero-order valence-corrected chi connectivity index (χ0v) is 16.0. The summed E-state index contributed by atoms with van der Waals surface area (Å²) in [5, 5.41) is 21.9. The van der Waals surface area contributed by atoms with Crippen LogP contribution in [0.2, 0.25) is 0 Å². The minimum atomic E-state index is -3.53. The number of rotatable bonds is 5. The van der Waals surface area contributed by atoms with E-state index in [0.717, 1.165) is 17.8 Å². The standard InChI is InChI=1S/C16H15N5O4S2/c1-3-17-14(23)11-8-12(9-6-4-5-7-10(9)13(11)22)19-20-15-18-16(21-26-15)27(2,24)25/h4-8,22H,3H2,1-2H3,(H,17,23). The van der Waals surface area contributed by atoms with Crippen molar-refractivity contribution in [3.63, 3.8) is 0 Å². The van der Waals surface area contributed by atoms with Crippen LogP contribution in [-0.4, -0.2) is 41.6 Å². The highest BCUT2D eigenvalue weighted by Gasteiger charge is 2.17. The molecule has 2 N–H and O–H groups in total. The Hall–Kier alpha value is -2.92. The molecule has 0 unspecified atom stereocenters. The number of phenols is 1. The molecule has 3 aromatic rings. The summed E-state index contributed by atoms with van der Waals surface area (Å²) in [6.07, 6.45) is 1.00. The molecule has 0 radical (unpaired) electrons. The Morgan fingerprint density at radius 1 is 1.26 bits per heavy atom. The summed E-state index contributed by atoms with van der Waals surface area (Å²) in [6, 6.07) is 8.31. The molecular formula is C16H15N5O4S2. The summed E-state index contributed by atoms with van der Waals surface area (Å²) < 4.78 is 26.6. The minimum Gasteiger partial charge on any atom is -0.506 e. The molecule has 0 saturated heterocycles. The third-order valence-electron chi connectivity index (χ3n) is 3.55. The Morgan fingerprint density at radius 3 is 2.59 bits per heavy atom. The molecule has 1 aromatic heterocycles. The van der Waals surface area contributed by atoms with Gasteiger partial charge < -0.3 is 10.4 Å². The molecule has 0 atom stereocenters. The van der Waals surface area contributed by atoms with E-state index in [0.29, 0.717) is 23.0 Å². The number of carbonyl (C=O) groups is 1. The highest BCUT2D eigenvalue weighted by Crippen LogP contribution is 2.37. The van der Waals surface area contributed by atoms with Gasteiger partial charge in [-0.25, -0.2) is 8.42 Å². The molecule has 0 spiro atoms. The zero-order valence-electron chi connectivity index (χ0n) is 14.4. The van der Waals surface area contributed by atoms with E-state index < -0.39 is 15.7 Å². The van der Waals surface area contributed by atoms with Crippen LogP contribution < -0.4 is 5.32 Å². The smallest absolute Gasteiger partial charge is 0.260 e. The first-order valence-electron chi connectivity index (χ1n) is 7.79. The minimum absolute atomic E-state index is 0.0622. The SMILES string of the molecule is CCNC(=O)c1cc(N=Nc2nc(S(C)(=O)=O)ns2)c2ccccc2c1O. The Morgan fingerprint density at radius 2 is 1.96 bits per heavy atom. The molecule has 2 aromatic carbocycles. The maximum absolute atomic E-state index is 12.2. The molecule has 1 heterocycles. The lowest BCUT2D eigenvalue weighted by atomic mass is 10.0. The van der Waals surface area contributed by atoms with Crippen molar-refractivity contribution in [2.75, 3.05) is 12.8 Å². The topological polar surface area (TPSA) is 134 Å². The van der Waals surface area contributed by atoms with Gasteiger partial charge in [0.25, 0.3) is 11.1 Å². The van der Waals surface area contributed by atoms with Crippen LogP contribution in [0.4, 0.5) is 10.8 Å². The number of hydrogen-bond acceptors (Lipinski definition) is 9. The quantitative estimate of drug-likeness (QED) is 0.627. The number of aromatic hydroxyl groups is 1. The van der Waals surface area contributed by atoms with E-state index in [-0.39, 0.29) is 21.6 Å². The number of carbonyl (C=O) groups excluding carboxylic acids is 1. The molecule has 0 aliphatic heterocycles. The summed E-state index contributed by atoms with van der Waals surface area (Å²) >= 11 is 0.793. The van der Waals surface area contributed by atoms with Crippen LogP contribution in [0.3, 0.4) is 0 Å². The van der Waals surface area contributed by atoms with E-state index >= 15 is 0 Å². The molecule has 1 amide bonds. The number of nitrogens with zero attached hydrogens (tertiary/aromatic N) is 4. The molecule has 9 nitrogen and oxygen atoms in total. The second-order valence-corrected chi connectivity index (χ2v) is 8.17. The molecule has 11 heteroatoms. The Kier molecular flexibility index (Phi) is 5.15. The second kappa shape index (κ2) is 7.37. The molecule has 0 bridgehead atoms. The van der Waals surface area contributed by atoms with Crippen LogP contribution in [0.15, 0.2) is 45.7 Å². The van der Waals surface area contributed by atoms with Crippen LogP contribution in [0.1, 0.15) is 17.3 Å². The third kappa shape index (κ3) is 3.93. The number of hydrogen-bond donors (Lipinski definition) is 2. The van der Waals surface area contributed by atoms with Gasteiger partial charge in [-0.05, 0) is 13.0 Å². The van der Waals surface area contributed by atoms with Crippen LogP contribution in [-0.2, 0) is 9.84 Å².